The van der Waals surface area contributed by atoms with E-state index in [4.69, 9.17) is 5.11 Å². The monoisotopic (exact) mass is 231 g/mol. The van der Waals surface area contributed by atoms with E-state index in [9.17, 15) is 4.79 Å². The summed E-state index contributed by atoms with van der Waals surface area (Å²) >= 11 is 0. The molecule has 0 aromatic heterocycles. The van der Waals surface area contributed by atoms with E-state index in [1.54, 1.807) is 0 Å². The number of carboxylic acid groups (broad SMARTS) is 1. The van der Waals surface area contributed by atoms with Crippen LogP contribution in [-0.4, -0.2) is 11.2 Å². The Kier molecular flexibility index (Phi) is 2.35. The van der Waals surface area contributed by atoms with E-state index in [-0.39, 0.29) is 5.54 Å². The third kappa shape index (κ3) is 1.61. The van der Waals surface area contributed by atoms with Crippen molar-refractivity contribution in [3.05, 3.63) is 35.9 Å². The number of rotatable bonds is 2. The van der Waals surface area contributed by atoms with Crippen LogP contribution in [0.4, 0.5) is 4.79 Å². The fraction of sp³-hybridized carbons (Fsp3) is 0.500. The third-order valence-electron chi connectivity index (χ3n) is 4.47. The van der Waals surface area contributed by atoms with Gasteiger partial charge in [-0.2, -0.15) is 0 Å². The Labute approximate surface area is 101 Å². The maximum atomic E-state index is 11.1. The molecule has 3 heteroatoms. The average Bonchev–Trinajstić information content (AvgIpc) is 2.90. The van der Waals surface area contributed by atoms with Crippen LogP contribution >= 0.6 is 0 Å². The molecule has 3 rings (SSSR count). The van der Waals surface area contributed by atoms with E-state index >= 15 is 0 Å². The van der Waals surface area contributed by atoms with Crippen LogP contribution in [0.3, 0.4) is 0 Å². The highest BCUT2D eigenvalue weighted by atomic mass is 16.4. The Balaban J connectivity index is 2.00. The number of hydrogen-bond donors (Lipinski definition) is 2. The quantitative estimate of drug-likeness (QED) is 0.822. The number of nitrogens with one attached hydrogen (secondary N) is 1. The Hall–Kier alpha value is -1.51. The van der Waals surface area contributed by atoms with Gasteiger partial charge in [-0.3, -0.25) is 0 Å². The van der Waals surface area contributed by atoms with Crippen molar-refractivity contribution in [2.24, 2.45) is 11.8 Å². The summed E-state index contributed by atoms with van der Waals surface area (Å²) in [5.74, 6) is 1.18. The van der Waals surface area contributed by atoms with Gasteiger partial charge in [0.1, 0.15) is 0 Å². The summed E-state index contributed by atoms with van der Waals surface area (Å²) in [5, 5.41) is 11.9. The molecule has 0 spiro atoms. The molecule has 3 atom stereocenters. The number of benzene rings is 1. The maximum absolute atomic E-state index is 11.1. The van der Waals surface area contributed by atoms with E-state index < -0.39 is 6.09 Å². The number of hydrogen-bond acceptors (Lipinski definition) is 1. The van der Waals surface area contributed by atoms with Crippen molar-refractivity contribution in [1.29, 1.82) is 0 Å². The predicted octanol–water partition coefficient (Wildman–Crippen LogP) is 2.97. The summed E-state index contributed by atoms with van der Waals surface area (Å²) in [6, 6.07) is 10.1. The van der Waals surface area contributed by atoms with Crippen LogP contribution in [0.25, 0.3) is 0 Å². The van der Waals surface area contributed by atoms with Crippen LogP contribution in [0.5, 0.6) is 0 Å². The van der Waals surface area contributed by atoms with Crippen molar-refractivity contribution in [2.75, 3.05) is 0 Å². The first-order valence-corrected chi connectivity index (χ1v) is 6.27. The van der Waals surface area contributed by atoms with Crippen LogP contribution in [0.15, 0.2) is 30.3 Å². The summed E-state index contributed by atoms with van der Waals surface area (Å²) in [6.45, 7) is 0. The van der Waals surface area contributed by atoms with Crippen LogP contribution in [0, 0.1) is 11.8 Å². The van der Waals surface area contributed by atoms with Gasteiger partial charge in [-0.05, 0) is 43.1 Å². The number of fused-ring (bicyclic) bond motifs is 2. The molecule has 0 saturated heterocycles. The van der Waals surface area contributed by atoms with Gasteiger partial charge < -0.3 is 10.4 Å². The van der Waals surface area contributed by atoms with Crippen LogP contribution in [0.1, 0.15) is 31.2 Å². The number of amides is 1. The minimum Gasteiger partial charge on any atom is -0.465 e. The van der Waals surface area contributed by atoms with Crippen LogP contribution in [0.2, 0.25) is 0 Å². The van der Waals surface area contributed by atoms with Crippen molar-refractivity contribution >= 4 is 6.09 Å². The zero-order valence-electron chi connectivity index (χ0n) is 9.73. The van der Waals surface area contributed by atoms with Crippen molar-refractivity contribution in [3.8, 4) is 0 Å². The molecule has 2 saturated carbocycles. The molecule has 2 bridgehead atoms. The molecule has 1 amide bonds. The van der Waals surface area contributed by atoms with Crippen molar-refractivity contribution in [3.63, 3.8) is 0 Å². The van der Waals surface area contributed by atoms with E-state index in [2.05, 4.69) is 17.4 Å². The van der Waals surface area contributed by atoms with Gasteiger partial charge in [-0.15, -0.1) is 0 Å². The molecular weight excluding hydrogens is 214 g/mol. The van der Waals surface area contributed by atoms with Gasteiger partial charge in [0.05, 0.1) is 5.54 Å². The highest BCUT2D eigenvalue weighted by Gasteiger charge is 2.52. The Morgan fingerprint density at radius 2 is 2.06 bits per heavy atom. The first-order valence-electron chi connectivity index (χ1n) is 6.27. The lowest BCUT2D eigenvalue weighted by molar-refractivity contribution is 0.154. The van der Waals surface area contributed by atoms with Gasteiger partial charge in [0.15, 0.2) is 0 Å². The first kappa shape index (κ1) is 10.6. The zero-order chi connectivity index (χ0) is 11.9. The second-order valence-electron chi connectivity index (χ2n) is 5.35. The van der Waals surface area contributed by atoms with Gasteiger partial charge in [0.25, 0.3) is 0 Å². The summed E-state index contributed by atoms with van der Waals surface area (Å²) in [4.78, 5) is 11.1. The highest BCUT2D eigenvalue weighted by Crippen LogP contribution is 2.55. The minimum absolute atomic E-state index is 0.323. The Morgan fingerprint density at radius 1 is 1.29 bits per heavy atom. The molecule has 2 N–H and O–H groups in total. The normalized spacial score (nSPS) is 34.8. The smallest absolute Gasteiger partial charge is 0.405 e. The van der Waals surface area contributed by atoms with Crippen molar-refractivity contribution in [1.82, 2.24) is 5.32 Å². The van der Waals surface area contributed by atoms with Crippen molar-refractivity contribution < 1.29 is 9.90 Å². The molecule has 2 fully saturated rings. The van der Waals surface area contributed by atoms with Gasteiger partial charge >= 0.3 is 6.09 Å². The second kappa shape index (κ2) is 3.76. The fourth-order valence-corrected chi connectivity index (χ4v) is 3.84. The Bertz CT molecular complexity index is 431. The SMILES string of the molecule is O=C(O)NC1(c2ccccc2)CC2CCC1C2. The van der Waals surface area contributed by atoms with E-state index in [1.807, 2.05) is 18.2 Å². The predicted molar refractivity (Wildman–Crippen MR) is 64.7 cm³/mol. The van der Waals surface area contributed by atoms with Crippen LogP contribution in [-0.2, 0) is 5.54 Å². The van der Waals surface area contributed by atoms with Crippen molar-refractivity contribution in [2.45, 2.75) is 31.2 Å². The van der Waals surface area contributed by atoms with Gasteiger partial charge in [-0.25, -0.2) is 4.79 Å². The number of carbonyl (C=O) groups is 1. The van der Waals surface area contributed by atoms with Crippen LogP contribution < -0.4 is 5.32 Å². The summed E-state index contributed by atoms with van der Waals surface area (Å²) in [6.07, 6.45) is 3.66. The molecule has 2 aliphatic carbocycles. The van der Waals surface area contributed by atoms with Gasteiger partial charge in [0, 0.05) is 0 Å². The first-order chi connectivity index (χ1) is 8.21. The standard InChI is InChI=1S/C14H17NO2/c16-13(17)15-14(11-4-2-1-3-5-11)9-10-6-7-12(14)8-10/h1-5,10,12,15H,6-9H2,(H,16,17). The molecule has 1 aromatic carbocycles. The molecule has 17 heavy (non-hydrogen) atoms. The third-order valence-corrected chi connectivity index (χ3v) is 4.47. The topological polar surface area (TPSA) is 49.3 Å². The van der Waals surface area contributed by atoms with Gasteiger partial charge in [-0.1, -0.05) is 30.3 Å². The molecule has 90 valence electrons. The zero-order valence-corrected chi connectivity index (χ0v) is 9.73. The molecule has 1 aromatic rings. The molecule has 3 unspecified atom stereocenters. The summed E-state index contributed by atoms with van der Waals surface area (Å²) < 4.78 is 0. The fourth-order valence-electron chi connectivity index (χ4n) is 3.84. The minimum atomic E-state index is -0.901. The molecule has 0 aliphatic heterocycles. The average molecular weight is 231 g/mol. The molecule has 0 heterocycles. The highest BCUT2D eigenvalue weighted by molar-refractivity contribution is 5.66. The van der Waals surface area contributed by atoms with E-state index in [0.717, 1.165) is 18.4 Å². The lowest BCUT2D eigenvalue weighted by atomic mass is 9.76. The lowest BCUT2D eigenvalue weighted by Crippen LogP contribution is -2.49. The van der Waals surface area contributed by atoms with E-state index in [1.165, 1.54) is 12.8 Å². The molecule has 3 nitrogen and oxygen atoms in total. The maximum Gasteiger partial charge on any atom is 0.405 e. The summed E-state index contributed by atoms with van der Waals surface area (Å²) in [5.41, 5.74) is 0.810. The molecule has 0 radical (unpaired) electrons. The molecular formula is C14H17NO2. The van der Waals surface area contributed by atoms with Gasteiger partial charge in [0.2, 0.25) is 0 Å². The lowest BCUT2D eigenvalue weighted by Gasteiger charge is -2.38. The summed E-state index contributed by atoms with van der Waals surface area (Å²) in [7, 11) is 0. The Morgan fingerprint density at radius 3 is 2.59 bits per heavy atom. The largest absolute Gasteiger partial charge is 0.465 e. The second-order valence-corrected chi connectivity index (χ2v) is 5.35. The van der Waals surface area contributed by atoms with E-state index in [0.29, 0.717) is 11.8 Å². The molecule has 2 aliphatic rings.